The molecule has 2 nitrogen and oxygen atoms in total. The van der Waals surface area contributed by atoms with E-state index in [9.17, 15) is 0 Å². The summed E-state index contributed by atoms with van der Waals surface area (Å²) in [5.41, 5.74) is 7.14. The lowest BCUT2D eigenvalue weighted by Crippen LogP contribution is -2.10. The van der Waals surface area contributed by atoms with E-state index in [0.29, 0.717) is 0 Å². The summed E-state index contributed by atoms with van der Waals surface area (Å²) in [5.74, 6) is 0.870. The fourth-order valence-corrected chi connectivity index (χ4v) is 3.19. The number of hydrogen-bond donors (Lipinski definition) is 1. The van der Waals surface area contributed by atoms with Crippen LogP contribution in [0, 0.1) is 0 Å². The summed E-state index contributed by atoms with van der Waals surface area (Å²) < 4.78 is 0. The maximum absolute atomic E-state index is 4.68. The van der Waals surface area contributed by atoms with Crippen LogP contribution < -0.4 is 0 Å². The Morgan fingerprint density at radius 1 is 0.778 bits per heavy atom. The molecule has 0 unspecified atom stereocenters. The van der Waals surface area contributed by atoms with Crippen molar-refractivity contribution < 1.29 is 0 Å². The Labute approximate surface area is 160 Å². The SMILES string of the molecule is CC(C)(C)c1ccc(/C=C/c2nc3ccc(-c4ccccc4)cc3[nH]2)cc1. The molecule has 2 heteroatoms. The molecule has 0 bridgehead atoms. The summed E-state index contributed by atoms with van der Waals surface area (Å²) in [6.45, 7) is 6.70. The fraction of sp³-hybridized carbons (Fsp3) is 0.160. The Morgan fingerprint density at radius 3 is 2.22 bits per heavy atom. The Kier molecular flexibility index (Phi) is 4.41. The number of rotatable bonds is 3. The number of fused-ring (bicyclic) bond motifs is 1. The lowest BCUT2D eigenvalue weighted by atomic mass is 9.87. The zero-order chi connectivity index (χ0) is 18.9. The summed E-state index contributed by atoms with van der Waals surface area (Å²) >= 11 is 0. The van der Waals surface area contributed by atoms with Crippen molar-refractivity contribution in [2.75, 3.05) is 0 Å². The molecule has 0 fully saturated rings. The van der Waals surface area contributed by atoms with Crippen LogP contribution in [0.3, 0.4) is 0 Å². The molecule has 0 saturated carbocycles. The van der Waals surface area contributed by atoms with Crippen LogP contribution in [0.1, 0.15) is 37.7 Å². The summed E-state index contributed by atoms with van der Waals surface area (Å²) in [5, 5.41) is 0. The monoisotopic (exact) mass is 352 g/mol. The van der Waals surface area contributed by atoms with E-state index in [0.717, 1.165) is 16.9 Å². The van der Waals surface area contributed by atoms with E-state index < -0.39 is 0 Å². The number of aromatic nitrogens is 2. The minimum atomic E-state index is 0.178. The summed E-state index contributed by atoms with van der Waals surface area (Å²) in [7, 11) is 0. The van der Waals surface area contributed by atoms with E-state index in [1.165, 1.54) is 22.3 Å². The average Bonchev–Trinajstić information content (AvgIpc) is 3.09. The molecule has 27 heavy (non-hydrogen) atoms. The molecule has 0 amide bonds. The first-order valence-corrected chi connectivity index (χ1v) is 9.33. The Balaban J connectivity index is 1.58. The highest BCUT2D eigenvalue weighted by atomic mass is 14.9. The third-order valence-corrected chi connectivity index (χ3v) is 4.82. The molecule has 0 spiro atoms. The van der Waals surface area contributed by atoms with Gasteiger partial charge in [0.1, 0.15) is 5.82 Å². The summed E-state index contributed by atoms with van der Waals surface area (Å²) in [6.07, 6.45) is 4.14. The quantitative estimate of drug-likeness (QED) is 0.437. The van der Waals surface area contributed by atoms with Crippen LogP contribution >= 0.6 is 0 Å². The van der Waals surface area contributed by atoms with Crippen LogP contribution in [0.2, 0.25) is 0 Å². The fourth-order valence-electron chi connectivity index (χ4n) is 3.19. The van der Waals surface area contributed by atoms with Crippen LogP contribution in [0.4, 0.5) is 0 Å². The van der Waals surface area contributed by atoms with Crippen molar-refractivity contribution in [2.45, 2.75) is 26.2 Å². The lowest BCUT2D eigenvalue weighted by molar-refractivity contribution is 0.590. The van der Waals surface area contributed by atoms with Gasteiger partial charge in [-0.25, -0.2) is 4.98 Å². The molecule has 0 atom stereocenters. The highest BCUT2D eigenvalue weighted by molar-refractivity contribution is 5.83. The highest BCUT2D eigenvalue weighted by Gasteiger charge is 2.12. The topological polar surface area (TPSA) is 28.7 Å². The number of H-pyrrole nitrogens is 1. The second-order valence-electron chi connectivity index (χ2n) is 7.93. The van der Waals surface area contributed by atoms with Crippen molar-refractivity contribution in [1.29, 1.82) is 0 Å². The van der Waals surface area contributed by atoms with Gasteiger partial charge in [-0.2, -0.15) is 0 Å². The number of hydrogen-bond acceptors (Lipinski definition) is 1. The van der Waals surface area contributed by atoms with E-state index in [2.05, 4.69) is 104 Å². The Morgan fingerprint density at radius 2 is 1.52 bits per heavy atom. The normalized spacial score (nSPS) is 12.1. The number of aromatic amines is 1. The van der Waals surface area contributed by atoms with Crippen molar-refractivity contribution in [1.82, 2.24) is 9.97 Å². The van der Waals surface area contributed by atoms with Gasteiger partial charge in [-0.3, -0.25) is 0 Å². The van der Waals surface area contributed by atoms with Crippen molar-refractivity contribution in [2.24, 2.45) is 0 Å². The van der Waals surface area contributed by atoms with Crippen LogP contribution in [0.25, 0.3) is 34.3 Å². The maximum atomic E-state index is 4.68. The summed E-state index contributed by atoms with van der Waals surface area (Å²) in [4.78, 5) is 8.09. The minimum Gasteiger partial charge on any atom is -0.338 e. The maximum Gasteiger partial charge on any atom is 0.131 e. The standard InChI is InChI=1S/C25H24N2/c1-25(2,3)21-13-9-18(10-14-21)11-16-24-26-22-15-12-20(17-23(22)27-24)19-7-5-4-6-8-19/h4-17H,1-3H3,(H,26,27)/b16-11+. The van der Waals surface area contributed by atoms with Gasteiger partial charge in [0.25, 0.3) is 0 Å². The molecule has 0 aliphatic heterocycles. The third-order valence-electron chi connectivity index (χ3n) is 4.82. The zero-order valence-corrected chi connectivity index (χ0v) is 16.0. The van der Waals surface area contributed by atoms with E-state index >= 15 is 0 Å². The third kappa shape index (κ3) is 3.85. The predicted molar refractivity (Wildman–Crippen MR) is 116 cm³/mol. The van der Waals surface area contributed by atoms with Gasteiger partial charge < -0.3 is 4.98 Å². The number of benzene rings is 3. The molecule has 3 aromatic carbocycles. The second kappa shape index (κ2) is 6.88. The first kappa shape index (κ1) is 17.3. The zero-order valence-electron chi connectivity index (χ0n) is 16.0. The van der Waals surface area contributed by atoms with E-state index in [4.69, 9.17) is 0 Å². The summed E-state index contributed by atoms with van der Waals surface area (Å²) in [6, 6.07) is 25.5. The molecule has 0 aliphatic carbocycles. The van der Waals surface area contributed by atoms with E-state index in [-0.39, 0.29) is 5.41 Å². The average molecular weight is 352 g/mol. The number of nitrogens with zero attached hydrogens (tertiary/aromatic N) is 1. The molecule has 0 saturated heterocycles. The first-order valence-electron chi connectivity index (χ1n) is 9.33. The van der Waals surface area contributed by atoms with Crippen molar-refractivity contribution in [3.05, 3.63) is 89.7 Å². The lowest BCUT2D eigenvalue weighted by Gasteiger charge is -2.18. The van der Waals surface area contributed by atoms with Crippen molar-refractivity contribution in [3.8, 4) is 11.1 Å². The highest BCUT2D eigenvalue weighted by Crippen LogP contribution is 2.24. The van der Waals surface area contributed by atoms with Gasteiger partial charge >= 0.3 is 0 Å². The molecule has 1 N–H and O–H groups in total. The molecule has 0 aliphatic rings. The Bertz CT molecular complexity index is 1080. The van der Waals surface area contributed by atoms with Gasteiger partial charge in [0, 0.05) is 0 Å². The van der Waals surface area contributed by atoms with Crippen LogP contribution in [-0.2, 0) is 5.41 Å². The van der Waals surface area contributed by atoms with Gasteiger partial charge in [-0.1, -0.05) is 87.5 Å². The van der Waals surface area contributed by atoms with Gasteiger partial charge in [-0.05, 0) is 45.9 Å². The van der Waals surface area contributed by atoms with Crippen molar-refractivity contribution >= 4 is 23.2 Å². The van der Waals surface area contributed by atoms with Gasteiger partial charge in [0.15, 0.2) is 0 Å². The molecule has 134 valence electrons. The van der Waals surface area contributed by atoms with E-state index in [1.807, 2.05) is 12.1 Å². The van der Waals surface area contributed by atoms with Crippen LogP contribution in [-0.4, -0.2) is 9.97 Å². The van der Waals surface area contributed by atoms with Gasteiger partial charge in [-0.15, -0.1) is 0 Å². The van der Waals surface area contributed by atoms with Gasteiger partial charge in [0.05, 0.1) is 11.0 Å². The van der Waals surface area contributed by atoms with Crippen molar-refractivity contribution in [3.63, 3.8) is 0 Å². The smallest absolute Gasteiger partial charge is 0.131 e. The molecule has 1 aromatic heterocycles. The Hall–Kier alpha value is -3.13. The molecule has 4 aromatic rings. The van der Waals surface area contributed by atoms with Crippen LogP contribution in [0.15, 0.2) is 72.8 Å². The predicted octanol–water partition coefficient (Wildman–Crippen LogP) is 6.70. The van der Waals surface area contributed by atoms with Gasteiger partial charge in [0.2, 0.25) is 0 Å². The molecule has 4 rings (SSSR count). The number of imidazole rings is 1. The number of nitrogens with one attached hydrogen (secondary N) is 1. The largest absolute Gasteiger partial charge is 0.338 e. The first-order chi connectivity index (χ1) is 13.0. The molecule has 1 heterocycles. The second-order valence-corrected chi connectivity index (χ2v) is 7.93. The molecule has 0 radical (unpaired) electrons. The molecular formula is C25H24N2. The minimum absolute atomic E-state index is 0.178. The van der Waals surface area contributed by atoms with E-state index in [1.54, 1.807) is 0 Å². The molecular weight excluding hydrogens is 328 g/mol. The van der Waals surface area contributed by atoms with Crippen LogP contribution in [0.5, 0.6) is 0 Å².